The molecule has 0 aliphatic carbocycles. The molecule has 0 fully saturated rings. The van der Waals surface area contributed by atoms with Crippen LogP contribution in [0.25, 0.3) is 0 Å². The Hall–Kier alpha value is -1.81. The Bertz CT molecular complexity index is 720. The van der Waals surface area contributed by atoms with Gasteiger partial charge in [0.25, 0.3) is 0 Å². The number of nitrogens with one attached hydrogen (secondary N) is 1. The number of hydrogen-bond acceptors (Lipinski definition) is 6. The average Bonchev–Trinajstić information content (AvgIpc) is 2.56. The fourth-order valence-corrected chi connectivity index (χ4v) is 3.56. The number of carbonyl (C=O) groups excluding carboxylic acids is 1. The van der Waals surface area contributed by atoms with Crippen molar-refractivity contribution in [3.05, 3.63) is 42.2 Å². The molecule has 0 aromatic heterocycles. The molecule has 3 atom stereocenters. The topological polar surface area (TPSA) is 102 Å². The van der Waals surface area contributed by atoms with E-state index in [2.05, 4.69) is 9.46 Å². The molecule has 9 heteroatoms. The number of aliphatic hydroxyl groups is 1. The summed E-state index contributed by atoms with van der Waals surface area (Å²) in [6.45, 7) is -0.480. The third kappa shape index (κ3) is 4.38. The minimum atomic E-state index is -4.14. The molecule has 0 radical (unpaired) electrons. The van der Waals surface area contributed by atoms with E-state index in [1.54, 1.807) is 0 Å². The van der Waals surface area contributed by atoms with Crippen molar-refractivity contribution in [2.75, 3.05) is 13.7 Å². The fourth-order valence-electron chi connectivity index (χ4n) is 2.26. The van der Waals surface area contributed by atoms with Crippen molar-refractivity contribution in [2.45, 2.75) is 29.6 Å². The van der Waals surface area contributed by atoms with Crippen LogP contribution in [0.15, 0.2) is 41.3 Å². The summed E-state index contributed by atoms with van der Waals surface area (Å²) in [7, 11) is -2.90. The lowest BCUT2D eigenvalue weighted by atomic mass is 10.1. The van der Waals surface area contributed by atoms with E-state index in [0.717, 1.165) is 12.1 Å². The van der Waals surface area contributed by atoms with Crippen molar-refractivity contribution in [1.29, 1.82) is 0 Å². The van der Waals surface area contributed by atoms with E-state index in [0.29, 0.717) is 0 Å². The zero-order valence-electron chi connectivity index (χ0n) is 12.9. The zero-order valence-corrected chi connectivity index (χ0v) is 13.7. The molecule has 0 saturated heterocycles. The van der Waals surface area contributed by atoms with Gasteiger partial charge in [-0.05, 0) is 12.1 Å². The van der Waals surface area contributed by atoms with Crippen molar-refractivity contribution in [1.82, 2.24) is 4.72 Å². The highest BCUT2D eigenvalue weighted by Gasteiger charge is 2.32. The van der Waals surface area contributed by atoms with Crippen LogP contribution in [0.1, 0.15) is 6.42 Å². The van der Waals surface area contributed by atoms with Gasteiger partial charge >= 0.3 is 5.97 Å². The predicted octanol–water partition coefficient (Wildman–Crippen LogP) is 0.352. The van der Waals surface area contributed by atoms with E-state index in [-0.39, 0.29) is 6.42 Å². The highest BCUT2D eigenvalue weighted by molar-refractivity contribution is 7.89. The Labute approximate surface area is 139 Å². The standard InChI is InChI=1S/C15H18FNO6S/c1-22-15(19)8-10-6-7-12(13(9-18)23-10)17-24(20,21)14-5-3-2-4-11(14)16/h2-7,10,12-13,17-18H,8-9H2,1H3/t10-,12+,13+/m1/s1. The monoisotopic (exact) mass is 359 g/mol. The Morgan fingerprint density at radius 3 is 2.71 bits per heavy atom. The Morgan fingerprint density at radius 1 is 1.38 bits per heavy atom. The third-order valence-electron chi connectivity index (χ3n) is 3.48. The molecule has 2 N–H and O–H groups in total. The molecular formula is C15H18FNO6S. The first-order chi connectivity index (χ1) is 11.4. The van der Waals surface area contributed by atoms with Gasteiger partial charge < -0.3 is 14.6 Å². The number of rotatable bonds is 6. The van der Waals surface area contributed by atoms with Crippen LogP contribution in [-0.2, 0) is 24.3 Å². The highest BCUT2D eigenvalue weighted by Crippen LogP contribution is 2.19. The second kappa shape index (κ2) is 7.84. The Balaban J connectivity index is 2.15. The fraction of sp³-hybridized carbons (Fsp3) is 0.400. The summed E-state index contributed by atoms with van der Waals surface area (Å²) in [5.74, 6) is -1.37. The first kappa shape index (κ1) is 18.5. The maximum Gasteiger partial charge on any atom is 0.308 e. The molecule has 2 rings (SSSR count). The van der Waals surface area contributed by atoms with Crippen LogP contribution in [0.2, 0.25) is 0 Å². The van der Waals surface area contributed by atoms with E-state index < -0.39 is 51.6 Å². The molecule has 0 unspecified atom stereocenters. The second-order valence-electron chi connectivity index (χ2n) is 5.14. The smallest absolute Gasteiger partial charge is 0.308 e. The highest BCUT2D eigenvalue weighted by atomic mass is 32.2. The molecule has 0 saturated carbocycles. The van der Waals surface area contributed by atoms with Crippen molar-refractivity contribution < 1.29 is 32.2 Å². The average molecular weight is 359 g/mol. The number of esters is 1. The van der Waals surface area contributed by atoms with Gasteiger partial charge in [-0.15, -0.1) is 0 Å². The first-order valence-corrected chi connectivity index (χ1v) is 8.64. The SMILES string of the molecule is COC(=O)C[C@H]1C=C[C@H](NS(=O)(=O)c2ccccc2F)[C@H](CO)O1. The van der Waals surface area contributed by atoms with E-state index in [1.165, 1.54) is 31.4 Å². The van der Waals surface area contributed by atoms with Crippen molar-refractivity contribution in [3.8, 4) is 0 Å². The Morgan fingerprint density at radius 2 is 2.08 bits per heavy atom. The Kier molecular flexibility index (Phi) is 6.05. The first-order valence-electron chi connectivity index (χ1n) is 7.15. The summed E-state index contributed by atoms with van der Waals surface area (Å²) in [6.07, 6.45) is 1.36. The molecule has 1 aromatic carbocycles. The summed E-state index contributed by atoms with van der Waals surface area (Å²) >= 11 is 0. The summed E-state index contributed by atoms with van der Waals surface area (Å²) < 4.78 is 50.6. The van der Waals surface area contributed by atoms with Gasteiger partial charge in [-0.1, -0.05) is 24.3 Å². The van der Waals surface area contributed by atoms with Crippen LogP contribution in [0.5, 0.6) is 0 Å². The number of sulfonamides is 1. The molecule has 0 spiro atoms. The van der Waals surface area contributed by atoms with Crippen molar-refractivity contribution in [2.24, 2.45) is 0 Å². The van der Waals surface area contributed by atoms with E-state index in [4.69, 9.17) is 4.74 Å². The molecule has 7 nitrogen and oxygen atoms in total. The van der Waals surface area contributed by atoms with Crippen LogP contribution in [0.4, 0.5) is 4.39 Å². The summed E-state index contributed by atoms with van der Waals surface area (Å²) in [4.78, 5) is 10.8. The third-order valence-corrected chi connectivity index (χ3v) is 4.97. The number of aliphatic hydroxyl groups excluding tert-OH is 1. The molecule has 1 heterocycles. The van der Waals surface area contributed by atoms with Crippen molar-refractivity contribution in [3.63, 3.8) is 0 Å². The predicted molar refractivity (Wildman–Crippen MR) is 82.0 cm³/mol. The normalized spacial score (nSPS) is 23.9. The number of hydrogen-bond donors (Lipinski definition) is 2. The molecule has 1 aliphatic heterocycles. The van der Waals surface area contributed by atoms with E-state index in [1.807, 2.05) is 0 Å². The number of ether oxygens (including phenoxy) is 2. The van der Waals surface area contributed by atoms with Gasteiger partial charge in [0.1, 0.15) is 16.8 Å². The van der Waals surface area contributed by atoms with Crippen molar-refractivity contribution >= 4 is 16.0 Å². The number of carbonyl (C=O) groups is 1. The van der Waals surface area contributed by atoms with Crippen LogP contribution in [0, 0.1) is 5.82 Å². The second-order valence-corrected chi connectivity index (χ2v) is 6.82. The molecular weight excluding hydrogens is 341 g/mol. The number of benzene rings is 1. The van der Waals surface area contributed by atoms with Gasteiger partial charge in [0.05, 0.1) is 32.3 Å². The molecule has 0 bridgehead atoms. The minimum absolute atomic E-state index is 0.0592. The van der Waals surface area contributed by atoms with E-state index >= 15 is 0 Å². The molecule has 1 aromatic rings. The maximum absolute atomic E-state index is 13.7. The lowest BCUT2D eigenvalue weighted by molar-refractivity contribution is -0.144. The molecule has 24 heavy (non-hydrogen) atoms. The quantitative estimate of drug-likeness (QED) is 0.561. The van der Waals surface area contributed by atoms with Gasteiger partial charge in [-0.25, -0.2) is 17.5 Å². The van der Waals surface area contributed by atoms with E-state index in [9.17, 15) is 22.7 Å². The van der Waals surface area contributed by atoms with Crippen LogP contribution >= 0.6 is 0 Å². The summed E-state index contributed by atoms with van der Waals surface area (Å²) in [6, 6.07) is 4.07. The van der Waals surface area contributed by atoms with Gasteiger partial charge in [-0.3, -0.25) is 4.79 Å². The summed E-state index contributed by atoms with van der Waals surface area (Å²) in [5, 5.41) is 9.41. The molecule has 132 valence electrons. The number of halogens is 1. The van der Waals surface area contributed by atoms with Gasteiger partial charge in [0.2, 0.25) is 10.0 Å². The largest absolute Gasteiger partial charge is 0.469 e. The van der Waals surface area contributed by atoms with Crippen LogP contribution in [-0.4, -0.2) is 51.5 Å². The lowest BCUT2D eigenvalue weighted by Gasteiger charge is -2.31. The van der Waals surface area contributed by atoms with Gasteiger partial charge in [0.15, 0.2) is 0 Å². The van der Waals surface area contributed by atoms with Crippen LogP contribution in [0.3, 0.4) is 0 Å². The lowest BCUT2D eigenvalue weighted by Crippen LogP contribution is -2.48. The number of methoxy groups -OCH3 is 1. The maximum atomic E-state index is 13.7. The molecule has 0 amide bonds. The van der Waals surface area contributed by atoms with Gasteiger partial charge in [0, 0.05) is 0 Å². The minimum Gasteiger partial charge on any atom is -0.469 e. The van der Waals surface area contributed by atoms with Crippen LogP contribution < -0.4 is 4.72 Å². The summed E-state index contributed by atoms with van der Waals surface area (Å²) in [5.41, 5.74) is 0. The molecule has 1 aliphatic rings. The zero-order chi connectivity index (χ0) is 17.7. The van der Waals surface area contributed by atoms with Gasteiger partial charge in [-0.2, -0.15) is 0 Å².